The molecule has 2 heterocycles. The summed E-state index contributed by atoms with van der Waals surface area (Å²) in [6, 6.07) is 1.06. The van der Waals surface area contributed by atoms with E-state index in [1.54, 1.807) is 0 Å². The van der Waals surface area contributed by atoms with Crippen LogP contribution in [0.5, 0.6) is 0 Å². The van der Waals surface area contributed by atoms with E-state index in [0.717, 1.165) is 6.04 Å². The van der Waals surface area contributed by atoms with E-state index in [1.807, 2.05) is 0 Å². The van der Waals surface area contributed by atoms with Gasteiger partial charge in [-0.25, -0.2) is 0 Å². The van der Waals surface area contributed by atoms with E-state index < -0.39 is 0 Å². The lowest BCUT2D eigenvalue weighted by Crippen LogP contribution is -2.54. The lowest BCUT2D eigenvalue weighted by atomic mass is 10.00. The summed E-state index contributed by atoms with van der Waals surface area (Å²) >= 11 is 0. The molecule has 2 fully saturated rings. The van der Waals surface area contributed by atoms with Crippen molar-refractivity contribution in [2.75, 3.05) is 19.6 Å². The summed E-state index contributed by atoms with van der Waals surface area (Å²) in [4.78, 5) is 0. The number of fused-ring (bicyclic) bond motifs is 1. The van der Waals surface area contributed by atoms with Crippen molar-refractivity contribution >= 4 is 0 Å². The molecule has 0 aromatic carbocycles. The van der Waals surface area contributed by atoms with Gasteiger partial charge in [0.15, 0.2) is 0 Å². The summed E-state index contributed by atoms with van der Waals surface area (Å²) in [6.45, 7) is 6.75. The molecule has 0 spiro atoms. The van der Waals surface area contributed by atoms with E-state index in [1.165, 1.54) is 56.2 Å². The van der Waals surface area contributed by atoms with Gasteiger partial charge in [-0.1, -0.05) is 0 Å². The monoisotopic (exact) mass is 154 g/mol. The first-order valence-corrected chi connectivity index (χ1v) is 5.23. The van der Waals surface area contributed by atoms with Crippen LogP contribution in [-0.2, 0) is 0 Å². The summed E-state index contributed by atoms with van der Waals surface area (Å²) < 4.78 is 1.49. The Balaban J connectivity index is 2.12. The predicted molar refractivity (Wildman–Crippen MR) is 47.4 cm³/mol. The van der Waals surface area contributed by atoms with E-state index in [9.17, 15) is 0 Å². The Morgan fingerprint density at radius 1 is 1.09 bits per heavy atom. The predicted octanol–water partition coefficient (Wildman–Crippen LogP) is 2.17. The third-order valence-electron chi connectivity index (χ3n) is 3.94. The number of piperidine rings is 1. The van der Waals surface area contributed by atoms with E-state index >= 15 is 0 Å². The van der Waals surface area contributed by atoms with Crippen LogP contribution in [0.15, 0.2) is 0 Å². The van der Waals surface area contributed by atoms with E-state index in [0.29, 0.717) is 0 Å². The highest BCUT2D eigenvalue weighted by molar-refractivity contribution is 4.72. The first kappa shape index (κ1) is 7.60. The molecule has 2 aliphatic rings. The fourth-order valence-corrected chi connectivity index (χ4v) is 3.19. The first-order valence-electron chi connectivity index (χ1n) is 5.23. The molecule has 11 heavy (non-hydrogen) atoms. The maximum Gasteiger partial charge on any atom is 0.0892 e. The zero-order chi connectivity index (χ0) is 7.73. The molecular formula is C10H20N+. The van der Waals surface area contributed by atoms with Crippen molar-refractivity contribution in [1.82, 2.24) is 0 Å². The molecule has 0 radical (unpaired) electrons. The van der Waals surface area contributed by atoms with Crippen molar-refractivity contribution in [3.05, 3.63) is 0 Å². The Bertz CT molecular complexity index is 144. The minimum absolute atomic E-state index is 1.06. The second-order valence-electron chi connectivity index (χ2n) is 4.27. The summed E-state index contributed by atoms with van der Waals surface area (Å²) in [6.07, 6.45) is 7.54. The van der Waals surface area contributed by atoms with Gasteiger partial charge in [-0.2, -0.15) is 0 Å². The standard InChI is InChI=1S/C10H20N/c1-2-11-8-4-3-6-10(11)7-5-9-11/h10H,2-9H2,1H3/q+1. The summed E-state index contributed by atoms with van der Waals surface area (Å²) in [7, 11) is 0. The Morgan fingerprint density at radius 3 is 2.55 bits per heavy atom. The molecule has 2 saturated heterocycles. The van der Waals surface area contributed by atoms with Crippen LogP contribution in [0.2, 0.25) is 0 Å². The van der Waals surface area contributed by atoms with Crippen LogP contribution in [0.3, 0.4) is 0 Å². The van der Waals surface area contributed by atoms with Crippen LogP contribution < -0.4 is 0 Å². The summed E-state index contributed by atoms with van der Waals surface area (Å²) in [5.74, 6) is 0. The van der Waals surface area contributed by atoms with Crippen molar-refractivity contribution in [2.45, 2.75) is 45.1 Å². The second-order valence-corrected chi connectivity index (χ2v) is 4.27. The summed E-state index contributed by atoms with van der Waals surface area (Å²) in [5.41, 5.74) is 0. The van der Waals surface area contributed by atoms with Gasteiger partial charge in [-0.3, -0.25) is 0 Å². The maximum absolute atomic E-state index is 2.38. The normalized spacial score (nSPS) is 43.9. The van der Waals surface area contributed by atoms with E-state index in [2.05, 4.69) is 6.92 Å². The third kappa shape index (κ3) is 1.10. The molecule has 0 N–H and O–H groups in total. The molecule has 64 valence electrons. The average Bonchev–Trinajstić information content (AvgIpc) is 2.48. The SMILES string of the molecule is CC[N+]12CCCCC1CCC2. The van der Waals surface area contributed by atoms with Crippen molar-refractivity contribution in [3.63, 3.8) is 0 Å². The molecule has 0 aromatic heterocycles. The number of quaternary nitrogens is 1. The Hall–Kier alpha value is -0.0400. The molecule has 2 unspecified atom stereocenters. The highest BCUT2D eigenvalue weighted by Gasteiger charge is 2.41. The summed E-state index contributed by atoms with van der Waals surface area (Å²) in [5, 5.41) is 0. The van der Waals surface area contributed by atoms with Gasteiger partial charge in [0.05, 0.1) is 25.7 Å². The molecule has 2 atom stereocenters. The van der Waals surface area contributed by atoms with Crippen LogP contribution in [0.1, 0.15) is 39.0 Å². The largest absolute Gasteiger partial charge is 0.321 e. The quantitative estimate of drug-likeness (QED) is 0.508. The molecular weight excluding hydrogens is 134 g/mol. The minimum Gasteiger partial charge on any atom is -0.321 e. The molecule has 1 nitrogen and oxygen atoms in total. The zero-order valence-corrected chi connectivity index (χ0v) is 7.68. The van der Waals surface area contributed by atoms with Gasteiger partial charge in [0.25, 0.3) is 0 Å². The van der Waals surface area contributed by atoms with Gasteiger partial charge in [0.2, 0.25) is 0 Å². The van der Waals surface area contributed by atoms with Crippen molar-refractivity contribution in [3.8, 4) is 0 Å². The Kier molecular flexibility index (Phi) is 1.92. The molecule has 2 rings (SSSR count). The number of hydrogen-bond donors (Lipinski definition) is 0. The lowest BCUT2D eigenvalue weighted by molar-refractivity contribution is -0.942. The fraction of sp³-hybridized carbons (Fsp3) is 1.00. The van der Waals surface area contributed by atoms with E-state index in [4.69, 9.17) is 0 Å². The van der Waals surface area contributed by atoms with Crippen molar-refractivity contribution in [1.29, 1.82) is 0 Å². The van der Waals surface area contributed by atoms with Gasteiger partial charge < -0.3 is 4.48 Å². The van der Waals surface area contributed by atoms with Gasteiger partial charge >= 0.3 is 0 Å². The third-order valence-corrected chi connectivity index (χ3v) is 3.94. The topological polar surface area (TPSA) is 0 Å². The van der Waals surface area contributed by atoms with E-state index in [-0.39, 0.29) is 0 Å². The van der Waals surface area contributed by atoms with Gasteiger partial charge in [-0.15, -0.1) is 0 Å². The number of nitrogens with zero attached hydrogens (tertiary/aromatic N) is 1. The Labute approximate surface area is 70.0 Å². The van der Waals surface area contributed by atoms with Gasteiger partial charge in [-0.05, 0) is 26.2 Å². The van der Waals surface area contributed by atoms with Crippen LogP contribution in [0, 0.1) is 0 Å². The molecule has 1 heteroatoms. The van der Waals surface area contributed by atoms with Gasteiger partial charge in [0, 0.05) is 12.8 Å². The molecule has 0 aliphatic carbocycles. The van der Waals surface area contributed by atoms with Crippen LogP contribution in [0.4, 0.5) is 0 Å². The molecule has 0 bridgehead atoms. The average molecular weight is 154 g/mol. The Morgan fingerprint density at radius 2 is 1.82 bits per heavy atom. The second kappa shape index (κ2) is 2.78. The molecule has 0 aromatic rings. The van der Waals surface area contributed by atoms with Crippen LogP contribution >= 0.6 is 0 Å². The molecule has 0 saturated carbocycles. The van der Waals surface area contributed by atoms with Crippen LogP contribution in [0.25, 0.3) is 0 Å². The smallest absolute Gasteiger partial charge is 0.0892 e. The highest BCUT2D eigenvalue weighted by Crippen LogP contribution is 2.34. The van der Waals surface area contributed by atoms with Crippen LogP contribution in [-0.4, -0.2) is 30.2 Å². The lowest BCUT2D eigenvalue weighted by Gasteiger charge is -2.42. The zero-order valence-electron chi connectivity index (χ0n) is 7.68. The fourth-order valence-electron chi connectivity index (χ4n) is 3.19. The first-order chi connectivity index (χ1) is 5.37. The minimum atomic E-state index is 1.06. The maximum atomic E-state index is 2.38. The van der Waals surface area contributed by atoms with Crippen molar-refractivity contribution < 1.29 is 4.48 Å². The highest BCUT2D eigenvalue weighted by atomic mass is 15.4. The number of rotatable bonds is 1. The van der Waals surface area contributed by atoms with Gasteiger partial charge in [0.1, 0.15) is 0 Å². The molecule has 0 amide bonds. The molecule has 2 aliphatic heterocycles. The number of hydrogen-bond acceptors (Lipinski definition) is 0. The van der Waals surface area contributed by atoms with Crippen molar-refractivity contribution in [2.24, 2.45) is 0 Å².